The second kappa shape index (κ2) is 11.5. The minimum absolute atomic E-state index is 0.243. The second-order valence-electron chi connectivity index (χ2n) is 6.08. The molecule has 136 valence electrons. The van der Waals surface area contributed by atoms with Gasteiger partial charge in [-0.2, -0.15) is 0 Å². The van der Waals surface area contributed by atoms with Gasteiger partial charge in [0.25, 0.3) is 0 Å². The summed E-state index contributed by atoms with van der Waals surface area (Å²) >= 11 is 0. The number of rotatable bonds is 12. The van der Waals surface area contributed by atoms with Crippen LogP contribution in [0.3, 0.4) is 0 Å². The molecule has 0 aliphatic heterocycles. The Labute approximate surface area is 149 Å². The highest BCUT2D eigenvalue weighted by Crippen LogP contribution is 2.21. The van der Waals surface area contributed by atoms with E-state index in [1.807, 2.05) is 24.3 Å². The van der Waals surface area contributed by atoms with Crippen LogP contribution < -0.4 is 9.47 Å². The Bertz CT molecular complexity index is 598. The Kier molecular flexibility index (Phi) is 8.84. The third kappa shape index (κ3) is 8.03. The van der Waals surface area contributed by atoms with Crippen molar-refractivity contribution in [3.05, 3.63) is 59.9 Å². The molecule has 0 fully saturated rings. The molecule has 4 heteroatoms. The average molecular weight is 346 g/mol. The fraction of sp³-hybridized carbons (Fsp3) is 0.429. The molecule has 1 N–H and O–H groups in total. The summed E-state index contributed by atoms with van der Waals surface area (Å²) < 4.78 is 24.4. The maximum absolute atomic E-state index is 12.9. The molecule has 0 saturated carbocycles. The van der Waals surface area contributed by atoms with E-state index in [9.17, 15) is 4.39 Å². The van der Waals surface area contributed by atoms with Gasteiger partial charge in [-0.05, 0) is 42.7 Å². The van der Waals surface area contributed by atoms with E-state index >= 15 is 0 Å². The molecule has 0 aromatic heterocycles. The minimum Gasteiger partial charge on any atom is -0.493 e. The van der Waals surface area contributed by atoms with Crippen molar-refractivity contribution in [1.29, 1.82) is 0 Å². The second-order valence-corrected chi connectivity index (χ2v) is 6.08. The third-order valence-corrected chi connectivity index (χ3v) is 3.95. The van der Waals surface area contributed by atoms with Crippen molar-refractivity contribution in [1.82, 2.24) is 0 Å². The SMILES string of the molecule is OCCCCCCCCOc1cccc(OCc2ccc(F)cc2)c1. The molecule has 3 nitrogen and oxygen atoms in total. The summed E-state index contributed by atoms with van der Waals surface area (Å²) in [5.41, 5.74) is 0.925. The van der Waals surface area contributed by atoms with Crippen LogP contribution in [-0.4, -0.2) is 18.3 Å². The normalized spacial score (nSPS) is 10.6. The van der Waals surface area contributed by atoms with Crippen molar-refractivity contribution >= 4 is 0 Å². The fourth-order valence-corrected chi connectivity index (χ4v) is 2.51. The number of ether oxygens (including phenoxy) is 2. The van der Waals surface area contributed by atoms with Crippen LogP contribution in [0.5, 0.6) is 11.5 Å². The molecule has 0 aliphatic rings. The van der Waals surface area contributed by atoms with E-state index in [-0.39, 0.29) is 5.82 Å². The smallest absolute Gasteiger partial charge is 0.123 e. The van der Waals surface area contributed by atoms with Crippen LogP contribution in [-0.2, 0) is 6.61 Å². The number of unbranched alkanes of at least 4 members (excludes halogenated alkanes) is 5. The monoisotopic (exact) mass is 346 g/mol. The number of hydrogen-bond acceptors (Lipinski definition) is 3. The molecule has 0 radical (unpaired) electrons. The molecule has 0 heterocycles. The van der Waals surface area contributed by atoms with Gasteiger partial charge in [-0.1, -0.05) is 43.9 Å². The fourth-order valence-electron chi connectivity index (χ4n) is 2.51. The molecular weight excluding hydrogens is 319 g/mol. The molecular formula is C21H27FO3. The lowest BCUT2D eigenvalue weighted by atomic mass is 10.1. The van der Waals surface area contributed by atoms with E-state index in [2.05, 4.69) is 0 Å². The van der Waals surface area contributed by atoms with Gasteiger partial charge in [0, 0.05) is 12.7 Å². The van der Waals surface area contributed by atoms with Gasteiger partial charge < -0.3 is 14.6 Å². The topological polar surface area (TPSA) is 38.7 Å². The summed E-state index contributed by atoms with van der Waals surface area (Å²) in [7, 11) is 0. The molecule has 0 unspecified atom stereocenters. The molecule has 0 saturated heterocycles. The maximum Gasteiger partial charge on any atom is 0.123 e. The Morgan fingerprint density at radius 3 is 2.12 bits per heavy atom. The highest BCUT2D eigenvalue weighted by molar-refractivity contribution is 5.33. The first-order valence-corrected chi connectivity index (χ1v) is 8.99. The highest BCUT2D eigenvalue weighted by atomic mass is 19.1. The number of hydrogen-bond donors (Lipinski definition) is 1. The van der Waals surface area contributed by atoms with Crippen LogP contribution in [0.15, 0.2) is 48.5 Å². The van der Waals surface area contributed by atoms with E-state index < -0.39 is 0 Å². The first kappa shape index (κ1) is 19.3. The lowest BCUT2D eigenvalue weighted by Gasteiger charge is -2.10. The third-order valence-electron chi connectivity index (χ3n) is 3.95. The summed E-state index contributed by atoms with van der Waals surface area (Å²) in [5.74, 6) is 1.30. The van der Waals surface area contributed by atoms with E-state index in [0.717, 1.165) is 42.7 Å². The van der Waals surface area contributed by atoms with Crippen molar-refractivity contribution in [2.75, 3.05) is 13.2 Å². The maximum atomic E-state index is 12.9. The van der Waals surface area contributed by atoms with Crippen LogP contribution in [0.4, 0.5) is 4.39 Å². The number of halogens is 1. The molecule has 0 amide bonds. The summed E-state index contributed by atoms with van der Waals surface area (Å²) in [5, 5.41) is 8.72. The van der Waals surface area contributed by atoms with Crippen molar-refractivity contribution in [3.8, 4) is 11.5 Å². The van der Waals surface area contributed by atoms with Gasteiger partial charge in [0.15, 0.2) is 0 Å². The number of benzene rings is 2. The van der Waals surface area contributed by atoms with Gasteiger partial charge in [0.05, 0.1) is 6.61 Å². The number of aliphatic hydroxyl groups is 1. The van der Waals surface area contributed by atoms with Gasteiger partial charge in [-0.3, -0.25) is 0 Å². The molecule has 0 bridgehead atoms. The molecule has 0 atom stereocenters. The largest absolute Gasteiger partial charge is 0.493 e. The van der Waals surface area contributed by atoms with Crippen molar-refractivity contribution < 1.29 is 19.0 Å². The minimum atomic E-state index is -0.243. The lowest BCUT2D eigenvalue weighted by molar-refractivity contribution is 0.279. The molecule has 2 aromatic carbocycles. The van der Waals surface area contributed by atoms with Crippen molar-refractivity contribution in [3.63, 3.8) is 0 Å². The molecule has 0 spiro atoms. The highest BCUT2D eigenvalue weighted by Gasteiger charge is 2.00. The first-order chi connectivity index (χ1) is 12.3. The Morgan fingerprint density at radius 2 is 1.40 bits per heavy atom. The predicted molar refractivity (Wildman–Crippen MR) is 97.5 cm³/mol. The van der Waals surface area contributed by atoms with Gasteiger partial charge in [0.1, 0.15) is 23.9 Å². The van der Waals surface area contributed by atoms with Crippen molar-refractivity contribution in [2.45, 2.75) is 45.1 Å². The quantitative estimate of drug-likeness (QED) is 0.542. The van der Waals surface area contributed by atoms with E-state index in [0.29, 0.717) is 19.8 Å². The first-order valence-electron chi connectivity index (χ1n) is 8.99. The van der Waals surface area contributed by atoms with Crippen molar-refractivity contribution in [2.24, 2.45) is 0 Å². The van der Waals surface area contributed by atoms with Crippen LogP contribution in [0.25, 0.3) is 0 Å². The summed E-state index contributed by atoms with van der Waals surface area (Å²) in [4.78, 5) is 0. The van der Waals surface area contributed by atoms with Gasteiger partial charge in [0.2, 0.25) is 0 Å². The lowest BCUT2D eigenvalue weighted by Crippen LogP contribution is -1.99. The Hall–Kier alpha value is -2.07. The Balaban J connectivity index is 1.65. The average Bonchev–Trinajstić information content (AvgIpc) is 2.64. The summed E-state index contributed by atoms with van der Waals surface area (Å²) in [6.45, 7) is 1.39. The van der Waals surface area contributed by atoms with Gasteiger partial charge in [-0.25, -0.2) is 4.39 Å². The van der Waals surface area contributed by atoms with Crippen LogP contribution in [0.2, 0.25) is 0 Å². The Morgan fingerprint density at radius 1 is 0.760 bits per heavy atom. The van der Waals surface area contributed by atoms with E-state index in [4.69, 9.17) is 14.6 Å². The molecule has 25 heavy (non-hydrogen) atoms. The number of aliphatic hydroxyl groups excluding tert-OH is 1. The predicted octanol–water partition coefficient (Wildman–Crippen LogP) is 5.12. The van der Waals surface area contributed by atoms with Crippen LogP contribution >= 0.6 is 0 Å². The van der Waals surface area contributed by atoms with Crippen LogP contribution in [0.1, 0.15) is 44.1 Å². The van der Waals surface area contributed by atoms with Gasteiger partial charge in [-0.15, -0.1) is 0 Å². The van der Waals surface area contributed by atoms with Gasteiger partial charge >= 0.3 is 0 Å². The molecule has 2 aromatic rings. The zero-order valence-electron chi connectivity index (χ0n) is 14.6. The van der Waals surface area contributed by atoms with Crippen LogP contribution in [0, 0.1) is 5.82 Å². The molecule has 2 rings (SSSR count). The zero-order chi connectivity index (χ0) is 17.7. The van der Waals surface area contributed by atoms with E-state index in [1.54, 1.807) is 12.1 Å². The van der Waals surface area contributed by atoms with E-state index in [1.165, 1.54) is 25.0 Å². The standard InChI is InChI=1S/C21H27FO3/c22-19-12-10-18(11-13-19)17-25-21-9-7-8-20(16-21)24-15-6-4-2-1-3-5-14-23/h7-13,16,23H,1-6,14-15,17H2. The summed E-state index contributed by atoms with van der Waals surface area (Å²) in [6, 6.07) is 13.9. The summed E-state index contributed by atoms with van der Waals surface area (Å²) in [6.07, 6.45) is 6.54. The molecule has 0 aliphatic carbocycles. The zero-order valence-corrected chi connectivity index (χ0v) is 14.6.